The average molecular weight is 269 g/mol. The minimum Gasteiger partial charge on any atom is -0.380 e. The molecule has 98 valence electrons. The van der Waals surface area contributed by atoms with Gasteiger partial charge in [0.15, 0.2) is 0 Å². The number of hydrogen-bond donors (Lipinski definition) is 1. The van der Waals surface area contributed by atoms with Gasteiger partial charge in [-0.25, -0.2) is 0 Å². The molecule has 2 rings (SSSR count). The molecule has 1 heterocycles. The second-order valence-electron chi connectivity index (χ2n) is 4.60. The van der Waals surface area contributed by atoms with E-state index in [4.69, 9.17) is 16.3 Å². The van der Waals surface area contributed by atoms with Crippen molar-refractivity contribution in [1.29, 1.82) is 0 Å². The highest BCUT2D eigenvalue weighted by Crippen LogP contribution is 2.23. The Morgan fingerprint density at radius 2 is 2.28 bits per heavy atom. The molecule has 1 aliphatic rings. The first kappa shape index (κ1) is 13.2. The minimum absolute atomic E-state index is 0.0914. The van der Waals surface area contributed by atoms with E-state index in [1.165, 1.54) is 4.90 Å². The fourth-order valence-electron chi connectivity index (χ4n) is 1.90. The summed E-state index contributed by atoms with van der Waals surface area (Å²) in [5, 5.41) is 3.82. The third-order valence-electron chi connectivity index (χ3n) is 2.90. The molecule has 4 nitrogen and oxygen atoms in total. The summed E-state index contributed by atoms with van der Waals surface area (Å²) >= 11 is 6.05. The Hall–Kier alpha value is -1.26. The Bertz CT molecular complexity index is 443. The number of rotatable bonds is 3. The van der Waals surface area contributed by atoms with Crippen LogP contribution in [0.2, 0.25) is 5.02 Å². The van der Waals surface area contributed by atoms with Gasteiger partial charge in [-0.1, -0.05) is 11.6 Å². The number of carbonyl (C=O) groups excluding carboxylic acids is 1. The van der Waals surface area contributed by atoms with Crippen molar-refractivity contribution in [2.75, 3.05) is 32.6 Å². The van der Waals surface area contributed by atoms with Gasteiger partial charge in [0.05, 0.1) is 23.2 Å². The van der Waals surface area contributed by atoms with Crippen LogP contribution in [0, 0.1) is 0 Å². The number of halogens is 1. The molecule has 1 aromatic carbocycles. The molecule has 1 amide bonds. The molecule has 18 heavy (non-hydrogen) atoms. The van der Waals surface area contributed by atoms with Crippen LogP contribution in [0.25, 0.3) is 0 Å². The first-order valence-electron chi connectivity index (χ1n) is 5.93. The van der Waals surface area contributed by atoms with Gasteiger partial charge in [0.25, 0.3) is 5.91 Å². The summed E-state index contributed by atoms with van der Waals surface area (Å²) in [5.74, 6) is -0.0914. The van der Waals surface area contributed by atoms with Crippen molar-refractivity contribution in [2.45, 2.75) is 12.5 Å². The van der Waals surface area contributed by atoms with Gasteiger partial charge in [-0.2, -0.15) is 0 Å². The normalized spacial score (nSPS) is 18.7. The quantitative estimate of drug-likeness (QED) is 0.914. The van der Waals surface area contributed by atoms with Crippen LogP contribution in [-0.4, -0.2) is 44.2 Å². The third-order valence-corrected chi connectivity index (χ3v) is 3.23. The van der Waals surface area contributed by atoms with E-state index < -0.39 is 0 Å². The second kappa shape index (κ2) is 5.59. The Morgan fingerprint density at radius 3 is 2.89 bits per heavy atom. The van der Waals surface area contributed by atoms with Crippen molar-refractivity contribution < 1.29 is 9.53 Å². The average Bonchev–Trinajstić information content (AvgIpc) is 2.83. The second-order valence-corrected chi connectivity index (χ2v) is 5.01. The van der Waals surface area contributed by atoms with Crippen molar-refractivity contribution >= 4 is 23.2 Å². The molecule has 0 aromatic heterocycles. The first-order valence-corrected chi connectivity index (χ1v) is 6.31. The van der Waals surface area contributed by atoms with Gasteiger partial charge in [-0.15, -0.1) is 0 Å². The molecule has 0 saturated carbocycles. The summed E-state index contributed by atoms with van der Waals surface area (Å²) in [6, 6.07) is 5.74. The smallest absolute Gasteiger partial charge is 0.254 e. The fourth-order valence-corrected chi connectivity index (χ4v) is 2.10. The maximum atomic E-state index is 11.9. The van der Waals surface area contributed by atoms with Crippen molar-refractivity contribution in [3.8, 4) is 0 Å². The molecule has 0 aliphatic carbocycles. The lowest BCUT2D eigenvalue weighted by Crippen LogP contribution is -2.23. The highest BCUT2D eigenvalue weighted by Gasteiger charge is 2.17. The van der Waals surface area contributed by atoms with E-state index in [1.54, 1.807) is 26.2 Å². The molecule has 1 aromatic rings. The number of amides is 1. The number of hydrogen-bond acceptors (Lipinski definition) is 3. The molecular weight excluding hydrogens is 252 g/mol. The summed E-state index contributed by atoms with van der Waals surface area (Å²) in [5.41, 5.74) is 1.42. The van der Waals surface area contributed by atoms with Gasteiger partial charge in [-0.05, 0) is 24.6 Å². The van der Waals surface area contributed by atoms with Gasteiger partial charge in [0, 0.05) is 26.4 Å². The lowest BCUT2D eigenvalue weighted by atomic mass is 10.1. The Balaban J connectivity index is 2.17. The van der Waals surface area contributed by atoms with E-state index in [2.05, 4.69) is 5.32 Å². The minimum atomic E-state index is -0.0914. The summed E-state index contributed by atoms with van der Waals surface area (Å²) in [6.07, 6.45) is 0.986. The topological polar surface area (TPSA) is 41.6 Å². The molecule has 0 spiro atoms. The van der Waals surface area contributed by atoms with Gasteiger partial charge in [0.1, 0.15) is 0 Å². The van der Waals surface area contributed by atoms with Gasteiger partial charge in [-0.3, -0.25) is 4.79 Å². The molecular formula is C13H17ClN2O2. The predicted octanol–water partition coefficient (Wildman–Crippen LogP) is 2.24. The van der Waals surface area contributed by atoms with Crippen LogP contribution in [0.4, 0.5) is 5.69 Å². The monoisotopic (exact) mass is 268 g/mol. The lowest BCUT2D eigenvalue weighted by molar-refractivity contribution is 0.0828. The summed E-state index contributed by atoms with van der Waals surface area (Å²) < 4.78 is 5.31. The zero-order valence-corrected chi connectivity index (χ0v) is 11.3. The molecule has 0 bridgehead atoms. The van der Waals surface area contributed by atoms with E-state index in [0.717, 1.165) is 18.7 Å². The number of benzene rings is 1. The molecule has 5 heteroatoms. The summed E-state index contributed by atoms with van der Waals surface area (Å²) in [7, 11) is 3.42. The van der Waals surface area contributed by atoms with Crippen LogP contribution < -0.4 is 5.32 Å². The molecule has 1 aliphatic heterocycles. The van der Waals surface area contributed by atoms with Crippen molar-refractivity contribution in [3.63, 3.8) is 0 Å². The van der Waals surface area contributed by atoms with Gasteiger partial charge in [0.2, 0.25) is 0 Å². The van der Waals surface area contributed by atoms with Gasteiger partial charge >= 0.3 is 0 Å². The zero-order valence-electron chi connectivity index (χ0n) is 10.6. The number of ether oxygens (including phenoxy) is 1. The summed E-state index contributed by atoms with van der Waals surface area (Å²) in [6.45, 7) is 1.49. The Morgan fingerprint density at radius 1 is 1.50 bits per heavy atom. The fraction of sp³-hybridized carbons (Fsp3) is 0.462. The van der Waals surface area contributed by atoms with E-state index in [1.807, 2.05) is 6.07 Å². The highest BCUT2D eigenvalue weighted by atomic mass is 35.5. The van der Waals surface area contributed by atoms with E-state index in [9.17, 15) is 4.79 Å². The van der Waals surface area contributed by atoms with Crippen LogP contribution >= 0.6 is 11.6 Å². The van der Waals surface area contributed by atoms with Crippen LogP contribution in [0.3, 0.4) is 0 Å². The van der Waals surface area contributed by atoms with E-state index >= 15 is 0 Å². The SMILES string of the molecule is CN(C)C(=O)c1cc(NC2CCOC2)ccc1Cl. The molecule has 1 N–H and O–H groups in total. The van der Waals surface area contributed by atoms with Crippen LogP contribution in [0.15, 0.2) is 18.2 Å². The molecule has 0 radical (unpaired) electrons. The molecule has 1 saturated heterocycles. The summed E-state index contributed by atoms with van der Waals surface area (Å²) in [4.78, 5) is 13.5. The maximum Gasteiger partial charge on any atom is 0.254 e. The molecule has 1 fully saturated rings. The van der Waals surface area contributed by atoms with Crippen molar-refractivity contribution in [2.24, 2.45) is 0 Å². The van der Waals surface area contributed by atoms with Crippen LogP contribution in [0.1, 0.15) is 16.8 Å². The highest BCUT2D eigenvalue weighted by molar-refractivity contribution is 6.34. The predicted molar refractivity (Wildman–Crippen MR) is 72.3 cm³/mol. The van der Waals surface area contributed by atoms with E-state index in [0.29, 0.717) is 23.2 Å². The first-order chi connectivity index (χ1) is 8.58. The number of carbonyl (C=O) groups is 1. The standard InChI is InChI=1S/C13H17ClN2O2/c1-16(2)13(17)11-7-9(3-4-12(11)14)15-10-5-6-18-8-10/h3-4,7,10,15H,5-6,8H2,1-2H3. The third kappa shape index (κ3) is 2.94. The van der Waals surface area contributed by atoms with Crippen molar-refractivity contribution in [3.05, 3.63) is 28.8 Å². The van der Waals surface area contributed by atoms with Crippen LogP contribution in [-0.2, 0) is 4.74 Å². The molecule has 1 atom stereocenters. The zero-order chi connectivity index (χ0) is 13.1. The Labute approximate surface area is 112 Å². The van der Waals surface area contributed by atoms with Crippen LogP contribution in [0.5, 0.6) is 0 Å². The lowest BCUT2D eigenvalue weighted by Gasteiger charge is -2.16. The van der Waals surface area contributed by atoms with E-state index in [-0.39, 0.29) is 5.91 Å². The number of anilines is 1. The number of nitrogens with one attached hydrogen (secondary N) is 1. The Kier molecular flexibility index (Phi) is 4.09. The molecule has 1 unspecified atom stereocenters. The number of nitrogens with zero attached hydrogens (tertiary/aromatic N) is 1. The maximum absolute atomic E-state index is 11.9. The van der Waals surface area contributed by atoms with Gasteiger partial charge < -0.3 is 15.0 Å². The largest absolute Gasteiger partial charge is 0.380 e. The van der Waals surface area contributed by atoms with Crippen molar-refractivity contribution in [1.82, 2.24) is 4.90 Å².